The zero-order valence-electron chi connectivity index (χ0n) is 15.6. The van der Waals surface area contributed by atoms with Gasteiger partial charge in [0.05, 0.1) is 18.6 Å². The van der Waals surface area contributed by atoms with Gasteiger partial charge < -0.3 is 14.4 Å². The fraction of sp³-hybridized carbons (Fsp3) is 0.526. The molecule has 7 nitrogen and oxygen atoms in total. The molecule has 0 radical (unpaired) electrons. The van der Waals surface area contributed by atoms with E-state index < -0.39 is 4.92 Å². The average molecular weight is 362 g/mol. The number of likely N-dealkylation sites (tertiary alicyclic amines) is 1. The first-order valence-corrected chi connectivity index (χ1v) is 8.87. The highest BCUT2D eigenvalue weighted by Crippen LogP contribution is 2.39. The Labute approximate surface area is 153 Å². The standard InChI is InChI=1S/C19H26N2O5/c1-4-5-6-9-26-19-16(21(23)24)11-14(12-18(19)25-3)10-15-13-20(2)8-7-17(15)22/h10-12H,4-9,13H2,1-3H3/b15-10+. The number of nitro groups is 1. The molecule has 0 amide bonds. The van der Waals surface area contributed by atoms with Crippen molar-refractivity contribution in [2.24, 2.45) is 0 Å². The fourth-order valence-corrected chi connectivity index (χ4v) is 2.89. The predicted molar refractivity (Wildman–Crippen MR) is 99.8 cm³/mol. The van der Waals surface area contributed by atoms with Crippen LogP contribution in [-0.4, -0.2) is 49.5 Å². The number of benzene rings is 1. The molecule has 1 aromatic rings. The van der Waals surface area contributed by atoms with Gasteiger partial charge in [0.2, 0.25) is 5.75 Å². The summed E-state index contributed by atoms with van der Waals surface area (Å²) in [5.41, 5.74) is 1.06. The van der Waals surface area contributed by atoms with E-state index in [1.165, 1.54) is 13.2 Å². The molecule has 7 heteroatoms. The predicted octanol–water partition coefficient (Wildman–Crippen LogP) is 3.46. The maximum atomic E-state index is 12.1. The number of rotatable bonds is 8. The lowest BCUT2D eigenvalue weighted by Gasteiger charge is -2.23. The summed E-state index contributed by atoms with van der Waals surface area (Å²) in [6.45, 7) is 3.73. The van der Waals surface area contributed by atoms with Crippen molar-refractivity contribution in [3.8, 4) is 11.5 Å². The van der Waals surface area contributed by atoms with Gasteiger partial charge in [0.1, 0.15) is 0 Å². The molecular formula is C19H26N2O5. The van der Waals surface area contributed by atoms with Gasteiger partial charge >= 0.3 is 5.69 Å². The van der Waals surface area contributed by atoms with E-state index in [-0.39, 0.29) is 17.2 Å². The molecule has 0 saturated carbocycles. The zero-order chi connectivity index (χ0) is 19.1. The van der Waals surface area contributed by atoms with Crippen LogP contribution in [0.2, 0.25) is 0 Å². The number of unbranched alkanes of at least 4 members (excludes halogenated alkanes) is 2. The minimum atomic E-state index is -0.478. The number of ether oxygens (including phenoxy) is 2. The molecular weight excluding hydrogens is 336 g/mol. The summed E-state index contributed by atoms with van der Waals surface area (Å²) in [7, 11) is 3.39. The first-order chi connectivity index (χ1) is 12.5. The molecule has 0 N–H and O–H groups in total. The van der Waals surface area contributed by atoms with Crippen molar-refractivity contribution in [2.45, 2.75) is 32.6 Å². The number of ketones is 1. The van der Waals surface area contributed by atoms with Crippen LogP contribution < -0.4 is 9.47 Å². The summed E-state index contributed by atoms with van der Waals surface area (Å²) in [5, 5.41) is 11.5. The molecule has 26 heavy (non-hydrogen) atoms. The maximum Gasteiger partial charge on any atom is 0.315 e. The minimum absolute atomic E-state index is 0.0737. The van der Waals surface area contributed by atoms with Crippen molar-refractivity contribution in [1.82, 2.24) is 4.90 Å². The van der Waals surface area contributed by atoms with E-state index in [1.807, 2.05) is 11.9 Å². The van der Waals surface area contributed by atoms with Gasteiger partial charge in [0, 0.05) is 31.1 Å². The second kappa shape index (κ2) is 9.33. The van der Waals surface area contributed by atoms with Crippen LogP contribution in [0.25, 0.3) is 6.08 Å². The first-order valence-electron chi connectivity index (χ1n) is 8.87. The molecule has 142 valence electrons. The number of Topliss-reactive ketones (excluding diaryl/α,β-unsaturated/α-hetero) is 1. The lowest BCUT2D eigenvalue weighted by atomic mass is 10.0. The van der Waals surface area contributed by atoms with Crippen molar-refractivity contribution in [3.63, 3.8) is 0 Å². The molecule has 1 aliphatic heterocycles. The number of carbonyl (C=O) groups excluding carboxylic acids is 1. The highest BCUT2D eigenvalue weighted by Gasteiger charge is 2.23. The third-order valence-corrected chi connectivity index (χ3v) is 4.33. The van der Waals surface area contributed by atoms with Gasteiger partial charge in [0.15, 0.2) is 11.5 Å². The Balaban J connectivity index is 2.35. The maximum absolute atomic E-state index is 12.1. The van der Waals surface area contributed by atoms with E-state index in [4.69, 9.17) is 9.47 Å². The summed E-state index contributed by atoms with van der Waals surface area (Å²) in [4.78, 5) is 25.2. The monoisotopic (exact) mass is 362 g/mol. The zero-order valence-corrected chi connectivity index (χ0v) is 15.6. The second-order valence-corrected chi connectivity index (χ2v) is 6.46. The van der Waals surface area contributed by atoms with Crippen LogP contribution in [0.5, 0.6) is 11.5 Å². The normalized spacial score (nSPS) is 16.7. The van der Waals surface area contributed by atoms with Gasteiger partial charge in [-0.3, -0.25) is 14.9 Å². The summed E-state index contributed by atoms with van der Waals surface area (Å²) in [6.07, 6.45) is 5.02. The van der Waals surface area contributed by atoms with Gasteiger partial charge in [-0.05, 0) is 31.2 Å². The lowest BCUT2D eigenvalue weighted by molar-refractivity contribution is -0.386. The summed E-state index contributed by atoms with van der Waals surface area (Å²) in [6, 6.07) is 3.11. The molecule has 1 fully saturated rings. The Kier molecular flexibility index (Phi) is 7.15. The topological polar surface area (TPSA) is 81.9 Å². The van der Waals surface area contributed by atoms with Gasteiger partial charge in [-0.1, -0.05) is 19.8 Å². The molecule has 1 aliphatic rings. The van der Waals surface area contributed by atoms with Crippen LogP contribution in [0.15, 0.2) is 17.7 Å². The number of carbonyl (C=O) groups is 1. The molecule has 0 aromatic heterocycles. The molecule has 0 aliphatic carbocycles. The molecule has 0 unspecified atom stereocenters. The smallest absolute Gasteiger partial charge is 0.315 e. The van der Waals surface area contributed by atoms with Gasteiger partial charge in [0.25, 0.3) is 0 Å². The van der Waals surface area contributed by atoms with E-state index in [1.54, 1.807) is 12.1 Å². The van der Waals surface area contributed by atoms with Crippen molar-refractivity contribution >= 4 is 17.5 Å². The Hall–Kier alpha value is -2.41. The Morgan fingerprint density at radius 1 is 1.35 bits per heavy atom. The fourth-order valence-electron chi connectivity index (χ4n) is 2.89. The Bertz CT molecular complexity index is 699. The molecule has 1 aromatic carbocycles. The van der Waals surface area contributed by atoms with Crippen LogP contribution in [0.1, 0.15) is 38.2 Å². The van der Waals surface area contributed by atoms with E-state index in [9.17, 15) is 14.9 Å². The largest absolute Gasteiger partial charge is 0.493 e. The summed E-state index contributed by atoms with van der Waals surface area (Å²) >= 11 is 0. The van der Waals surface area contributed by atoms with E-state index in [0.717, 1.165) is 25.8 Å². The highest BCUT2D eigenvalue weighted by molar-refractivity contribution is 6.00. The van der Waals surface area contributed by atoms with Gasteiger partial charge in [-0.2, -0.15) is 0 Å². The van der Waals surface area contributed by atoms with Crippen LogP contribution in [0, 0.1) is 10.1 Å². The third-order valence-electron chi connectivity index (χ3n) is 4.33. The van der Waals surface area contributed by atoms with Gasteiger partial charge in [-0.15, -0.1) is 0 Å². The van der Waals surface area contributed by atoms with E-state index in [0.29, 0.717) is 36.5 Å². The summed E-state index contributed by atoms with van der Waals surface area (Å²) < 4.78 is 11.0. The van der Waals surface area contributed by atoms with Crippen molar-refractivity contribution in [2.75, 3.05) is 33.9 Å². The van der Waals surface area contributed by atoms with Crippen LogP contribution in [-0.2, 0) is 4.79 Å². The Morgan fingerprint density at radius 2 is 2.12 bits per heavy atom. The van der Waals surface area contributed by atoms with Crippen molar-refractivity contribution in [3.05, 3.63) is 33.4 Å². The van der Waals surface area contributed by atoms with E-state index in [2.05, 4.69) is 6.92 Å². The molecule has 0 bridgehead atoms. The van der Waals surface area contributed by atoms with Crippen molar-refractivity contribution < 1.29 is 19.2 Å². The van der Waals surface area contributed by atoms with Gasteiger partial charge in [-0.25, -0.2) is 0 Å². The second-order valence-electron chi connectivity index (χ2n) is 6.46. The molecule has 0 spiro atoms. The number of methoxy groups -OCH3 is 1. The van der Waals surface area contributed by atoms with Crippen LogP contribution in [0.4, 0.5) is 5.69 Å². The molecule has 1 saturated heterocycles. The molecule has 0 atom stereocenters. The number of likely N-dealkylation sites (N-methyl/N-ethyl adjacent to an activating group) is 1. The first kappa shape index (κ1) is 19.9. The molecule has 2 rings (SSSR count). The van der Waals surface area contributed by atoms with Crippen LogP contribution >= 0.6 is 0 Å². The lowest BCUT2D eigenvalue weighted by Crippen LogP contribution is -2.32. The Morgan fingerprint density at radius 3 is 2.77 bits per heavy atom. The third kappa shape index (κ3) is 5.05. The highest BCUT2D eigenvalue weighted by atomic mass is 16.6. The summed E-state index contributed by atoms with van der Waals surface area (Å²) in [5.74, 6) is 0.520. The van der Waals surface area contributed by atoms with Crippen molar-refractivity contribution in [1.29, 1.82) is 0 Å². The number of nitro benzene ring substituents is 1. The molecule has 1 heterocycles. The quantitative estimate of drug-likeness (QED) is 0.305. The van der Waals surface area contributed by atoms with E-state index >= 15 is 0 Å². The number of hydrogen-bond donors (Lipinski definition) is 0. The SMILES string of the molecule is CCCCCOc1c(OC)cc(/C=C2\CN(C)CCC2=O)cc1[N+](=O)[O-]. The average Bonchev–Trinajstić information content (AvgIpc) is 2.62. The number of piperidine rings is 1. The van der Waals surface area contributed by atoms with Crippen LogP contribution in [0.3, 0.4) is 0 Å². The number of nitrogens with zero attached hydrogens (tertiary/aromatic N) is 2. The minimum Gasteiger partial charge on any atom is -0.493 e. The number of hydrogen-bond acceptors (Lipinski definition) is 6.